The van der Waals surface area contributed by atoms with Crippen LogP contribution in [0.1, 0.15) is 12.8 Å². The van der Waals surface area contributed by atoms with Crippen LogP contribution in [0.2, 0.25) is 0 Å². The zero-order valence-electron chi connectivity index (χ0n) is 9.25. The van der Waals surface area contributed by atoms with Gasteiger partial charge in [0.15, 0.2) is 0 Å². The van der Waals surface area contributed by atoms with Crippen LogP contribution in [0.15, 0.2) is 0 Å². The number of nitrogens with one attached hydrogen (secondary N) is 2. The molecule has 4 nitrogen and oxygen atoms in total. The monoisotopic (exact) mass is 209 g/mol. The van der Waals surface area contributed by atoms with Crippen molar-refractivity contribution in [3.05, 3.63) is 0 Å². The second kappa shape index (κ2) is 6.44. The number of unbranched alkanes of at least 4 members (excludes halogenated alkanes) is 1. The number of piperazine rings is 1. The van der Waals surface area contributed by atoms with Gasteiger partial charge in [0.1, 0.15) is 6.04 Å². The highest BCUT2D eigenvalue weighted by Crippen LogP contribution is 2.05. The second-order valence-electron chi connectivity index (χ2n) is 3.68. The lowest BCUT2D eigenvalue weighted by Crippen LogP contribution is -2.57. The molecule has 0 aromatic heterocycles. The van der Waals surface area contributed by atoms with Crippen LogP contribution in [0.5, 0.6) is 0 Å². The number of likely N-dealkylation sites (N-methyl/N-ethyl adjacent to an activating group) is 1. The van der Waals surface area contributed by atoms with E-state index in [0.717, 1.165) is 39.0 Å². The first-order chi connectivity index (χ1) is 7.29. The number of amides is 1. The van der Waals surface area contributed by atoms with Crippen molar-refractivity contribution in [1.29, 1.82) is 0 Å². The zero-order chi connectivity index (χ0) is 11.1. The number of hydrogen-bond acceptors (Lipinski definition) is 3. The highest BCUT2D eigenvalue weighted by atomic mass is 16.2. The molecule has 1 fully saturated rings. The van der Waals surface area contributed by atoms with E-state index in [1.165, 1.54) is 0 Å². The van der Waals surface area contributed by atoms with Crippen molar-refractivity contribution in [2.45, 2.75) is 18.9 Å². The van der Waals surface area contributed by atoms with Crippen LogP contribution in [0.3, 0.4) is 0 Å². The molecule has 1 heterocycles. The SMILES string of the molecule is C#CCCCN1CCNCC1C(=O)NC. The van der Waals surface area contributed by atoms with Crippen LogP contribution in [0.25, 0.3) is 0 Å². The lowest BCUT2D eigenvalue weighted by atomic mass is 10.1. The molecule has 0 aromatic rings. The molecule has 15 heavy (non-hydrogen) atoms. The van der Waals surface area contributed by atoms with Crippen LogP contribution in [0.4, 0.5) is 0 Å². The van der Waals surface area contributed by atoms with Gasteiger partial charge in [-0.25, -0.2) is 0 Å². The van der Waals surface area contributed by atoms with Crippen LogP contribution < -0.4 is 10.6 Å². The van der Waals surface area contributed by atoms with Crippen molar-refractivity contribution < 1.29 is 4.79 Å². The van der Waals surface area contributed by atoms with Gasteiger partial charge in [0.25, 0.3) is 0 Å². The molecule has 4 heteroatoms. The minimum Gasteiger partial charge on any atom is -0.358 e. The average molecular weight is 209 g/mol. The zero-order valence-corrected chi connectivity index (χ0v) is 9.25. The van der Waals surface area contributed by atoms with Crippen LogP contribution in [-0.4, -0.2) is 50.1 Å². The minimum atomic E-state index is -0.0403. The summed E-state index contributed by atoms with van der Waals surface area (Å²) in [5.41, 5.74) is 0. The smallest absolute Gasteiger partial charge is 0.238 e. The van der Waals surface area contributed by atoms with Gasteiger partial charge < -0.3 is 10.6 Å². The molecule has 1 rings (SSSR count). The first kappa shape index (κ1) is 12.0. The van der Waals surface area contributed by atoms with Crippen molar-refractivity contribution in [3.63, 3.8) is 0 Å². The fraction of sp³-hybridized carbons (Fsp3) is 0.727. The summed E-state index contributed by atoms with van der Waals surface area (Å²) in [5, 5.41) is 5.92. The number of carbonyl (C=O) groups is 1. The van der Waals surface area contributed by atoms with Gasteiger partial charge >= 0.3 is 0 Å². The Kier molecular flexibility index (Phi) is 5.16. The van der Waals surface area contributed by atoms with E-state index in [2.05, 4.69) is 21.5 Å². The summed E-state index contributed by atoms with van der Waals surface area (Å²) in [6, 6.07) is -0.0403. The fourth-order valence-corrected chi connectivity index (χ4v) is 1.82. The predicted molar refractivity (Wildman–Crippen MR) is 60.4 cm³/mol. The van der Waals surface area contributed by atoms with Crippen LogP contribution in [-0.2, 0) is 4.79 Å². The Bertz CT molecular complexity index is 247. The van der Waals surface area contributed by atoms with Crippen molar-refractivity contribution >= 4 is 5.91 Å². The van der Waals surface area contributed by atoms with Gasteiger partial charge in [0.2, 0.25) is 5.91 Å². The molecular formula is C11H19N3O. The highest BCUT2D eigenvalue weighted by molar-refractivity contribution is 5.81. The lowest BCUT2D eigenvalue weighted by molar-refractivity contribution is -0.126. The molecule has 1 unspecified atom stereocenters. The molecule has 0 bridgehead atoms. The van der Waals surface area contributed by atoms with E-state index in [1.54, 1.807) is 7.05 Å². The molecule has 1 aliphatic rings. The Balaban J connectivity index is 2.43. The maximum atomic E-state index is 11.6. The molecule has 0 aromatic carbocycles. The van der Waals surface area contributed by atoms with E-state index in [0.29, 0.717) is 0 Å². The third-order valence-electron chi connectivity index (χ3n) is 2.67. The number of nitrogens with zero attached hydrogens (tertiary/aromatic N) is 1. The summed E-state index contributed by atoms with van der Waals surface area (Å²) < 4.78 is 0. The number of hydrogen-bond donors (Lipinski definition) is 2. The molecule has 0 spiro atoms. The molecule has 1 aliphatic heterocycles. The second-order valence-corrected chi connectivity index (χ2v) is 3.68. The summed E-state index contributed by atoms with van der Waals surface area (Å²) in [6.45, 7) is 3.51. The first-order valence-electron chi connectivity index (χ1n) is 5.39. The van der Waals surface area contributed by atoms with E-state index in [9.17, 15) is 4.79 Å². The van der Waals surface area contributed by atoms with Gasteiger partial charge in [-0.1, -0.05) is 0 Å². The maximum Gasteiger partial charge on any atom is 0.238 e. The van der Waals surface area contributed by atoms with Gasteiger partial charge in [0.05, 0.1) is 0 Å². The topological polar surface area (TPSA) is 44.4 Å². The Morgan fingerprint density at radius 3 is 3.20 bits per heavy atom. The van der Waals surface area contributed by atoms with E-state index >= 15 is 0 Å². The third-order valence-corrected chi connectivity index (χ3v) is 2.67. The summed E-state index contributed by atoms with van der Waals surface area (Å²) in [4.78, 5) is 13.8. The molecule has 2 N–H and O–H groups in total. The number of rotatable bonds is 4. The highest BCUT2D eigenvalue weighted by Gasteiger charge is 2.26. The van der Waals surface area contributed by atoms with E-state index in [4.69, 9.17) is 6.42 Å². The van der Waals surface area contributed by atoms with Crippen molar-refractivity contribution in [1.82, 2.24) is 15.5 Å². The Hall–Kier alpha value is -1.05. The quantitative estimate of drug-likeness (QED) is 0.481. The van der Waals surface area contributed by atoms with Gasteiger partial charge in [-0.2, -0.15) is 0 Å². The van der Waals surface area contributed by atoms with Gasteiger partial charge in [-0.05, 0) is 13.0 Å². The predicted octanol–water partition coefficient (Wildman–Crippen LogP) is -0.580. The molecule has 1 saturated heterocycles. The number of carbonyl (C=O) groups excluding carboxylic acids is 1. The molecule has 0 aliphatic carbocycles. The molecule has 0 radical (unpaired) electrons. The first-order valence-corrected chi connectivity index (χ1v) is 5.39. The van der Waals surface area contributed by atoms with Crippen LogP contribution in [0, 0.1) is 12.3 Å². The van der Waals surface area contributed by atoms with Crippen molar-refractivity contribution in [2.75, 3.05) is 33.2 Å². The molecule has 1 amide bonds. The van der Waals surface area contributed by atoms with Crippen molar-refractivity contribution in [2.24, 2.45) is 0 Å². The Labute approximate surface area is 91.4 Å². The summed E-state index contributed by atoms with van der Waals surface area (Å²) in [7, 11) is 1.68. The molecule has 1 atom stereocenters. The Morgan fingerprint density at radius 1 is 1.73 bits per heavy atom. The lowest BCUT2D eigenvalue weighted by Gasteiger charge is -2.34. The summed E-state index contributed by atoms with van der Waals surface area (Å²) in [5.74, 6) is 2.71. The summed E-state index contributed by atoms with van der Waals surface area (Å²) >= 11 is 0. The van der Waals surface area contributed by atoms with Gasteiger partial charge in [-0.15, -0.1) is 12.3 Å². The van der Waals surface area contributed by atoms with Crippen LogP contribution >= 0.6 is 0 Å². The van der Waals surface area contributed by atoms with Gasteiger partial charge in [0, 0.05) is 33.1 Å². The van der Waals surface area contributed by atoms with E-state index in [-0.39, 0.29) is 11.9 Å². The number of terminal acetylenes is 1. The standard InChI is InChI=1S/C11H19N3O/c1-3-4-5-7-14-8-6-13-9-10(14)11(15)12-2/h1,10,13H,4-9H2,2H3,(H,12,15). The fourth-order valence-electron chi connectivity index (χ4n) is 1.82. The largest absolute Gasteiger partial charge is 0.358 e. The Morgan fingerprint density at radius 2 is 2.53 bits per heavy atom. The normalized spacial score (nSPS) is 22.0. The minimum absolute atomic E-state index is 0.0403. The van der Waals surface area contributed by atoms with Gasteiger partial charge in [-0.3, -0.25) is 9.69 Å². The average Bonchev–Trinajstić information content (AvgIpc) is 2.29. The van der Waals surface area contributed by atoms with E-state index in [1.807, 2.05) is 0 Å². The third kappa shape index (κ3) is 3.54. The van der Waals surface area contributed by atoms with Crippen molar-refractivity contribution in [3.8, 4) is 12.3 Å². The molecule has 0 saturated carbocycles. The maximum absolute atomic E-state index is 11.6. The van der Waals surface area contributed by atoms with E-state index < -0.39 is 0 Å². The molecule has 84 valence electrons. The summed E-state index contributed by atoms with van der Waals surface area (Å²) in [6.07, 6.45) is 6.95. The molecular weight excluding hydrogens is 190 g/mol.